The van der Waals surface area contributed by atoms with Gasteiger partial charge in [-0.15, -0.1) is 0 Å². The normalized spacial score (nSPS) is 17.2. The Morgan fingerprint density at radius 3 is 2.26 bits per heavy atom. The zero-order chi connectivity index (χ0) is 32.7. The summed E-state index contributed by atoms with van der Waals surface area (Å²) in [5, 5.41) is 2.72. The second-order valence-corrected chi connectivity index (χ2v) is 14.2. The van der Waals surface area contributed by atoms with Crippen molar-refractivity contribution >= 4 is 39.9 Å². The van der Waals surface area contributed by atoms with Gasteiger partial charge < -0.3 is 10.2 Å². The van der Waals surface area contributed by atoms with Crippen LogP contribution in [-0.2, 0) is 20.4 Å². The first-order valence-electron chi connectivity index (χ1n) is 16.3. The fourth-order valence-corrected chi connectivity index (χ4v) is 7.39. The number of carbonyl (C=O) groups is 2. The van der Waals surface area contributed by atoms with E-state index >= 15 is 0 Å². The zero-order valence-electron chi connectivity index (χ0n) is 27.8. The molecule has 0 saturated carbocycles. The van der Waals surface area contributed by atoms with Crippen molar-refractivity contribution in [2.24, 2.45) is 0 Å². The summed E-state index contributed by atoms with van der Waals surface area (Å²) in [5.74, 6) is -0.0670. The smallest absolute Gasteiger partial charge is 0.220 e. The Labute approximate surface area is 278 Å². The molecule has 0 bridgehead atoms. The molecule has 3 aromatic carbocycles. The van der Waals surface area contributed by atoms with Crippen molar-refractivity contribution in [2.75, 3.05) is 25.0 Å². The van der Waals surface area contributed by atoms with Gasteiger partial charge in [0.25, 0.3) is 0 Å². The summed E-state index contributed by atoms with van der Waals surface area (Å²) in [7, 11) is 2.15. The van der Waals surface area contributed by atoms with Crippen LogP contribution in [0.15, 0.2) is 120 Å². The number of hydrogen-bond acceptors (Lipinski definition) is 4. The molecule has 0 radical (unpaired) electrons. The molecule has 0 spiro atoms. The molecule has 0 aromatic heterocycles. The Morgan fingerprint density at radius 2 is 1.50 bits per heavy atom. The lowest BCUT2D eigenvalue weighted by molar-refractivity contribution is -0.401. The van der Waals surface area contributed by atoms with Crippen molar-refractivity contribution in [3.63, 3.8) is 0 Å². The molecule has 1 amide bonds. The van der Waals surface area contributed by atoms with Crippen molar-refractivity contribution in [1.29, 1.82) is 0 Å². The van der Waals surface area contributed by atoms with E-state index in [0.717, 1.165) is 42.5 Å². The fourth-order valence-electron chi connectivity index (χ4n) is 6.69. The van der Waals surface area contributed by atoms with Gasteiger partial charge in [-0.3, -0.25) is 9.59 Å². The number of rotatable bonds is 12. The molecular weight excluding hydrogens is 587 g/mol. The quantitative estimate of drug-likeness (QED) is 0.0942. The Morgan fingerprint density at radius 1 is 0.804 bits per heavy atom. The second-order valence-electron chi connectivity index (χ2n) is 13.1. The minimum atomic E-state index is -0.112. The van der Waals surface area contributed by atoms with Gasteiger partial charge in [0.1, 0.15) is 7.05 Å². The lowest BCUT2D eigenvalue weighted by Gasteiger charge is -2.27. The maximum atomic E-state index is 12.4. The maximum Gasteiger partial charge on any atom is 0.220 e. The molecule has 2 aliphatic heterocycles. The van der Waals surface area contributed by atoms with Gasteiger partial charge in [0, 0.05) is 52.4 Å². The first kappa shape index (κ1) is 33.2. The first-order valence-corrected chi connectivity index (χ1v) is 17.1. The maximum absolute atomic E-state index is 12.4. The molecule has 0 unspecified atom stereocenters. The molecule has 1 N–H and O–H groups in total. The number of unbranched alkanes of at least 4 members (excludes halogenated alkanes) is 2. The fraction of sp³-hybridized carbons (Fsp3) is 0.325. The van der Waals surface area contributed by atoms with Crippen molar-refractivity contribution < 1.29 is 14.2 Å². The first-order chi connectivity index (χ1) is 22.1. The van der Waals surface area contributed by atoms with Crippen molar-refractivity contribution in [3.8, 4) is 0 Å². The van der Waals surface area contributed by atoms with Crippen LogP contribution in [0.4, 0.5) is 11.4 Å². The van der Waals surface area contributed by atoms with E-state index in [-0.39, 0.29) is 28.4 Å². The third-order valence-corrected chi connectivity index (χ3v) is 10.0. The Hall–Kier alpha value is -4.16. The van der Waals surface area contributed by atoms with Crippen LogP contribution in [-0.4, -0.2) is 41.4 Å². The Balaban J connectivity index is 1.16. The lowest BCUT2D eigenvalue weighted by atomic mass is 9.81. The highest BCUT2D eigenvalue weighted by atomic mass is 32.2. The van der Waals surface area contributed by atoms with Crippen LogP contribution in [0, 0.1) is 0 Å². The molecule has 6 heteroatoms. The number of thioether (sulfide) groups is 1. The van der Waals surface area contributed by atoms with E-state index in [1.54, 1.807) is 0 Å². The molecule has 0 aliphatic carbocycles. The molecule has 3 aromatic rings. The predicted octanol–water partition coefficient (Wildman–Crippen LogP) is 8.48. The van der Waals surface area contributed by atoms with Gasteiger partial charge >= 0.3 is 0 Å². The van der Waals surface area contributed by atoms with Crippen LogP contribution >= 0.6 is 11.8 Å². The SMILES string of the molecule is C[N+]1=C(C=CC=CC=C2N(CCCCCC(=O)NCC(=O)Sc3ccccc3)c3ccccc3C2(C)C)C(C)(C)c2ccccc21. The largest absolute Gasteiger partial charge is 0.348 e. The molecule has 46 heavy (non-hydrogen) atoms. The molecule has 238 valence electrons. The van der Waals surface area contributed by atoms with Crippen LogP contribution in [0.25, 0.3) is 0 Å². The summed E-state index contributed by atoms with van der Waals surface area (Å²) in [6.45, 7) is 10.1. The van der Waals surface area contributed by atoms with E-state index in [0.29, 0.717) is 6.42 Å². The van der Waals surface area contributed by atoms with Crippen LogP contribution in [0.1, 0.15) is 64.5 Å². The summed E-state index contributed by atoms with van der Waals surface area (Å²) in [5.41, 5.74) is 7.64. The number of nitrogens with one attached hydrogen (secondary N) is 1. The van der Waals surface area contributed by atoms with E-state index in [1.807, 2.05) is 30.3 Å². The number of amides is 1. The highest BCUT2D eigenvalue weighted by Crippen LogP contribution is 2.47. The van der Waals surface area contributed by atoms with Crippen molar-refractivity contribution in [2.45, 2.75) is 69.1 Å². The van der Waals surface area contributed by atoms with Gasteiger partial charge in [0.05, 0.1) is 12.0 Å². The standard InChI is InChI=1S/C40H45N3O2S/c1-39(2)31-21-14-16-23-33(31)42(5)35(39)25-11-7-12-26-36-40(3,4)32-22-15-17-24-34(32)43(36)28-18-8-13-27-37(44)41-29-38(45)46-30-19-9-6-10-20-30/h6-7,9-12,14-17,19-26H,8,13,18,27-29H2,1-5H3/p+1. The van der Waals surface area contributed by atoms with E-state index in [1.165, 1.54) is 33.9 Å². The van der Waals surface area contributed by atoms with Gasteiger partial charge in [0.15, 0.2) is 5.71 Å². The number of para-hydroxylation sites is 2. The van der Waals surface area contributed by atoms with Gasteiger partial charge in [-0.1, -0.05) is 105 Å². The third kappa shape index (κ3) is 7.28. The highest BCUT2D eigenvalue weighted by Gasteiger charge is 2.42. The number of benzene rings is 3. The monoisotopic (exact) mass is 632 g/mol. The molecule has 5 nitrogen and oxygen atoms in total. The average Bonchev–Trinajstić information content (AvgIpc) is 3.38. The third-order valence-electron chi connectivity index (χ3n) is 9.16. The Kier molecular flexibility index (Phi) is 10.5. The van der Waals surface area contributed by atoms with E-state index in [9.17, 15) is 9.59 Å². The number of nitrogens with zero attached hydrogens (tertiary/aromatic N) is 2. The minimum Gasteiger partial charge on any atom is -0.348 e. The molecule has 2 aliphatic rings. The summed E-state index contributed by atoms with van der Waals surface area (Å²) < 4.78 is 2.30. The zero-order valence-corrected chi connectivity index (χ0v) is 28.6. The van der Waals surface area contributed by atoms with Gasteiger partial charge in [-0.05, 0) is 56.5 Å². The number of anilines is 1. The Bertz CT molecular complexity index is 1700. The number of carbonyl (C=O) groups excluding carboxylic acids is 2. The summed E-state index contributed by atoms with van der Waals surface area (Å²) in [6, 6.07) is 26.8. The number of allylic oxidation sites excluding steroid dienone is 6. The van der Waals surface area contributed by atoms with Crippen LogP contribution in [0.5, 0.6) is 0 Å². The molecule has 0 saturated heterocycles. The summed E-state index contributed by atoms with van der Waals surface area (Å²) in [4.78, 5) is 27.9. The van der Waals surface area contributed by atoms with Gasteiger partial charge in [0.2, 0.25) is 16.7 Å². The van der Waals surface area contributed by atoms with Crippen molar-refractivity contribution in [3.05, 3.63) is 126 Å². The summed E-state index contributed by atoms with van der Waals surface area (Å²) in [6.07, 6.45) is 14.1. The minimum absolute atomic E-state index is 0.0421. The molecule has 5 rings (SSSR count). The van der Waals surface area contributed by atoms with Crippen LogP contribution < -0.4 is 10.2 Å². The van der Waals surface area contributed by atoms with Crippen LogP contribution in [0.2, 0.25) is 0 Å². The predicted molar refractivity (Wildman–Crippen MR) is 192 cm³/mol. The number of hydrogen-bond donors (Lipinski definition) is 1. The van der Waals surface area contributed by atoms with E-state index in [2.05, 4.69) is 128 Å². The molecule has 0 fully saturated rings. The lowest BCUT2D eigenvalue weighted by Crippen LogP contribution is -2.28. The van der Waals surface area contributed by atoms with E-state index < -0.39 is 0 Å². The summed E-state index contributed by atoms with van der Waals surface area (Å²) >= 11 is 1.16. The van der Waals surface area contributed by atoms with Gasteiger partial charge in [-0.2, -0.15) is 4.58 Å². The average molecular weight is 633 g/mol. The van der Waals surface area contributed by atoms with Crippen LogP contribution in [0.3, 0.4) is 0 Å². The van der Waals surface area contributed by atoms with Crippen molar-refractivity contribution in [1.82, 2.24) is 5.32 Å². The molecule has 2 heterocycles. The highest BCUT2D eigenvalue weighted by molar-refractivity contribution is 8.13. The van der Waals surface area contributed by atoms with Gasteiger partial charge in [-0.25, -0.2) is 0 Å². The second kappa shape index (κ2) is 14.5. The van der Waals surface area contributed by atoms with E-state index in [4.69, 9.17) is 0 Å². The topological polar surface area (TPSA) is 52.4 Å². The number of fused-ring (bicyclic) bond motifs is 2. The molecular formula is C40H46N3O2S+. The molecule has 0 atom stereocenters.